The molecule has 8 heteroatoms. The molecule has 0 saturated carbocycles. The number of nitrogens with one attached hydrogen (secondary N) is 2. The number of carbonyl (C=O) groups excluding carboxylic acids is 1. The van der Waals surface area contributed by atoms with Gasteiger partial charge in [-0.25, -0.2) is 18.0 Å². The number of urea groups is 1. The van der Waals surface area contributed by atoms with Gasteiger partial charge in [-0.05, 0) is 54.6 Å². The number of anilines is 1. The van der Waals surface area contributed by atoms with E-state index in [2.05, 4.69) is 10.3 Å². The Morgan fingerprint density at radius 3 is 2.50 bits per heavy atom. The third-order valence-electron chi connectivity index (χ3n) is 4.75. The first-order valence-electron chi connectivity index (χ1n) is 8.50. The first-order chi connectivity index (χ1) is 13.2. The Labute approximate surface area is 158 Å². The van der Waals surface area contributed by atoms with Crippen molar-refractivity contribution in [2.24, 2.45) is 0 Å². The van der Waals surface area contributed by atoms with Gasteiger partial charge in [-0.1, -0.05) is 6.07 Å². The Balaban J connectivity index is 1.93. The number of H-pyrrole nitrogens is 1. The molecule has 0 aliphatic rings. The zero-order valence-corrected chi connectivity index (χ0v) is 15.4. The Morgan fingerprint density at radius 1 is 1.14 bits per heavy atom. The van der Waals surface area contributed by atoms with E-state index in [1.54, 1.807) is 13.8 Å². The second kappa shape index (κ2) is 7.38. The van der Waals surface area contributed by atoms with E-state index < -0.39 is 34.7 Å². The molecule has 2 aromatic carbocycles. The SMILES string of the molecule is Cc1cc(NC(=O)N(C)[C@H](C)c2c[nH]c(=O)c3c(F)c(F)ccc23)ccc1F. The van der Waals surface area contributed by atoms with Gasteiger partial charge in [-0.3, -0.25) is 4.79 Å². The van der Waals surface area contributed by atoms with Crippen LogP contribution in [0.15, 0.2) is 41.3 Å². The Bertz CT molecular complexity index is 1130. The summed E-state index contributed by atoms with van der Waals surface area (Å²) < 4.78 is 41.0. The number of aromatic nitrogens is 1. The highest BCUT2D eigenvalue weighted by molar-refractivity contribution is 5.91. The molecule has 0 bridgehead atoms. The molecule has 2 N–H and O–H groups in total. The van der Waals surface area contributed by atoms with E-state index in [1.165, 1.54) is 42.4 Å². The number of hydrogen-bond donors (Lipinski definition) is 2. The van der Waals surface area contributed by atoms with Crippen LogP contribution in [0.5, 0.6) is 0 Å². The van der Waals surface area contributed by atoms with E-state index in [0.717, 1.165) is 6.07 Å². The number of fused-ring (bicyclic) bond motifs is 1. The highest BCUT2D eigenvalue weighted by atomic mass is 19.2. The zero-order chi connectivity index (χ0) is 20.6. The summed E-state index contributed by atoms with van der Waals surface area (Å²) in [4.78, 5) is 28.2. The van der Waals surface area contributed by atoms with Gasteiger partial charge in [-0.15, -0.1) is 0 Å². The molecule has 28 heavy (non-hydrogen) atoms. The van der Waals surface area contributed by atoms with Crippen molar-refractivity contribution in [2.75, 3.05) is 12.4 Å². The highest BCUT2D eigenvalue weighted by Crippen LogP contribution is 2.28. The van der Waals surface area contributed by atoms with E-state index >= 15 is 0 Å². The van der Waals surface area contributed by atoms with Crippen molar-refractivity contribution in [1.29, 1.82) is 0 Å². The number of aryl methyl sites for hydroxylation is 1. The monoisotopic (exact) mass is 389 g/mol. The minimum Gasteiger partial charge on any atom is -0.328 e. The van der Waals surface area contributed by atoms with Gasteiger partial charge in [0.2, 0.25) is 0 Å². The molecular weight excluding hydrogens is 371 g/mol. The molecule has 1 atom stereocenters. The summed E-state index contributed by atoms with van der Waals surface area (Å²) in [6.07, 6.45) is 1.37. The minimum atomic E-state index is -1.23. The van der Waals surface area contributed by atoms with Crippen molar-refractivity contribution in [3.8, 4) is 0 Å². The number of carbonyl (C=O) groups is 1. The molecule has 0 aliphatic heterocycles. The predicted molar refractivity (Wildman–Crippen MR) is 101 cm³/mol. The van der Waals surface area contributed by atoms with Gasteiger partial charge >= 0.3 is 6.03 Å². The van der Waals surface area contributed by atoms with Crippen molar-refractivity contribution < 1.29 is 18.0 Å². The number of benzene rings is 2. The van der Waals surface area contributed by atoms with Gasteiger partial charge in [-0.2, -0.15) is 0 Å². The fourth-order valence-electron chi connectivity index (χ4n) is 2.97. The van der Waals surface area contributed by atoms with Crippen LogP contribution in [0.2, 0.25) is 0 Å². The molecule has 0 radical (unpaired) electrons. The van der Waals surface area contributed by atoms with Crippen LogP contribution in [0, 0.1) is 24.4 Å². The molecule has 0 fully saturated rings. The number of amides is 2. The van der Waals surface area contributed by atoms with Crippen LogP contribution < -0.4 is 10.9 Å². The summed E-state index contributed by atoms with van der Waals surface area (Å²) in [6.45, 7) is 3.27. The van der Waals surface area contributed by atoms with E-state index in [4.69, 9.17) is 0 Å². The van der Waals surface area contributed by atoms with Gasteiger partial charge in [0.1, 0.15) is 5.82 Å². The molecule has 0 spiro atoms. The topological polar surface area (TPSA) is 65.2 Å². The summed E-state index contributed by atoms with van der Waals surface area (Å²) in [6, 6.07) is 5.37. The Hall–Kier alpha value is -3.29. The van der Waals surface area contributed by atoms with Crippen molar-refractivity contribution in [1.82, 2.24) is 9.88 Å². The lowest BCUT2D eigenvalue weighted by Gasteiger charge is -2.26. The normalized spacial score (nSPS) is 12.1. The summed E-state index contributed by atoms with van der Waals surface area (Å²) >= 11 is 0. The van der Waals surface area contributed by atoms with Gasteiger partial charge in [0, 0.05) is 18.9 Å². The summed E-state index contributed by atoms with van der Waals surface area (Å²) in [7, 11) is 1.52. The fourth-order valence-corrected chi connectivity index (χ4v) is 2.97. The summed E-state index contributed by atoms with van der Waals surface area (Å²) in [5.41, 5.74) is 0.498. The first-order valence-corrected chi connectivity index (χ1v) is 8.50. The molecule has 0 saturated heterocycles. The van der Waals surface area contributed by atoms with E-state index in [-0.39, 0.29) is 11.2 Å². The Morgan fingerprint density at radius 2 is 1.82 bits per heavy atom. The molecule has 0 unspecified atom stereocenters. The quantitative estimate of drug-likeness (QED) is 0.694. The second-order valence-corrected chi connectivity index (χ2v) is 6.54. The average Bonchev–Trinajstić information content (AvgIpc) is 2.66. The molecule has 2 amide bonds. The van der Waals surface area contributed by atoms with Crippen molar-refractivity contribution >= 4 is 22.5 Å². The largest absolute Gasteiger partial charge is 0.328 e. The first kappa shape index (κ1) is 19.5. The Kier molecular flexibility index (Phi) is 5.13. The van der Waals surface area contributed by atoms with Crippen LogP contribution in [0.25, 0.3) is 10.8 Å². The van der Waals surface area contributed by atoms with Crippen LogP contribution in [-0.4, -0.2) is 23.0 Å². The maximum atomic E-state index is 14.1. The van der Waals surface area contributed by atoms with E-state index in [9.17, 15) is 22.8 Å². The maximum Gasteiger partial charge on any atom is 0.322 e. The molecule has 1 heterocycles. The minimum absolute atomic E-state index is 0.215. The van der Waals surface area contributed by atoms with Crippen molar-refractivity contribution in [3.63, 3.8) is 0 Å². The van der Waals surface area contributed by atoms with Crippen molar-refractivity contribution in [2.45, 2.75) is 19.9 Å². The van der Waals surface area contributed by atoms with Crippen molar-refractivity contribution in [3.05, 3.63) is 75.5 Å². The standard InChI is InChI=1S/C20H18F3N3O2/c1-10-8-12(4-6-15(10)21)25-20(28)26(3)11(2)14-9-24-19(27)17-13(14)5-7-16(22)18(17)23/h4-9,11H,1-3H3,(H,24,27)(H,25,28)/t11-/m1/s1. The fraction of sp³-hybridized carbons (Fsp3) is 0.200. The predicted octanol–water partition coefficient (Wildman–Crippen LogP) is 4.48. The lowest BCUT2D eigenvalue weighted by molar-refractivity contribution is 0.208. The summed E-state index contributed by atoms with van der Waals surface area (Å²) in [5, 5.41) is 2.47. The van der Waals surface area contributed by atoms with Gasteiger partial charge in [0.25, 0.3) is 5.56 Å². The number of nitrogens with zero attached hydrogens (tertiary/aromatic N) is 1. The number of pyridine rings is 1. The smallest absolute Gasteiger partial charge is 0.322 e. The molecule has 3 aromatic rings. The van der Waals surface area contributed by atoms with E-state index in [0.29, 0.717) is 16.8 Å². The molecule has 146 valence electrons. The number of aromatic amines is 1. The van der Waals surface area contributed by atoms with Crippen LogP contribution in [0.4, 0.5) is 23.7 Å². The van der Waals surface area contributed by atoms with Gasteiger partial charge < -0.3 is 15.2 Å². The molecule has 5 nitrogen and oxygen atoms in total. The molecular formula is C20H18F3N3O2. The highest BCUT2D eigenvalue weighted by Gasteiger charge is 2.22. The third-order valence-corrected chi connectivity index (χ3v) is 4.75. The van der Waals surface area contributed by atoms with Gasteiger partial charge in [0.05, 0.1) is 11.4 Å². The maximum absolute atomic E-state index is 14.1. The second-order valence-electron chi connectivity index (χ2n) is 6.54. The van der Waals surface area contributed by atoms with Crippen LogP contribution in [0.3, 0.4) is 0 Å². The number of halogens is 3. The lowest BCUT2D eigenvalue weighted by atomic mass is 10.0. The van der Waals surface area contributed by atoms with Gasteiger partial charge in [0.15, 0.2) is 11.6 Å². The average molecular weight is 389 g/mol. The van der Waals surface area contributed by atoms with E-state index in [1.807, 2.05) is 0 Å². The van der Waals surface area contributed by atoms with Crippen LogP contribution in [-0.2, 0) is 0 Å². The number of rotatable bonds is 3. The zero-order valence-electron chi connectivity index (χ0n) is 15.4. The lowest BCUT2D eigenvalue weighted by Crippen LogP contribution is -2.34. The molecule has 1 aromatic heterocycles. The molecule has 3 rings (SSSR count). The third kappa shape index (κ3) is 3.45. The summed E-state index contributed by atoms with van der Waals surface area (Å²) in [5.74, 6) is -2.74. The number of hydrogen-bond acceptors (Lipinski definition) is 2. The van der Waals surface area contributed by atoms with Crippen LogP contribution >= 0.6 is 0 Å². The molecule has 0 aliphatic carbocycles. The van der Waals surface area contributed by atoms with Crippen LogP contribution in [0.1, 0.15) is 24.1 Å².